The second-order valence-electron chi connectivity index (χ2n) is 8.14. The van der Waals surface area contributed by atoms with Crippen LogP contribution in [-0.2, 0) is 14.8 Å². The van der Waals surface area contributed by atoms with Gasteiger partial charge in [0.15, 0.2) is 0 Å². The molecule has 0 spiro atoms. The lowest BCUT2D eigenvalue weighted by molar-refractivity contribution is -0.129. The van der Waals surface area contributed by atoms with Crippen LogP contribution in [0.25, 0.3) is 0 Å². The second kappa shape index (κ2) is 8.80. The molecule has 0 bridgehead atoms. The van der Waals surface area contributed by atoms with Gasteiger partial charge >= 0.3 is 0 Å². The van der Waals surface area contributed by atoms with E-state index in [0.717, 1.165) is 18.4 Å². The average molecular weight is 442 g/mol. The van der Waals surface area contributed by atoms with Gasteiger partial charge in [-0.25, -0.2) is 8.42 Å². The minimum Gasteiger partial charge on any atom is -0.345 e. The predicted octanol–water partition coefficient (Wildman–Crippen LogP) is 2.42. The van der Waals surface area contributed by atoms with Crippen LogP contribution in [0.3, 0.4) is 0 Å². The third-order valence-corrected chi connectivity index (χ3v) is 7.85. The fourth-order valence-electron chi connectivity index (χ4n) is 3.98. The molecule has 1 aliphatic heterocycles. The summed E-state index contributed by atoms with van der Waals surface area (Å²) in [4.78, 5) is 26.2. The van der Waals surface area contributed by atoms with Crippen molar-refractivity contribution in [2.45, 2.75) is 30.7 Å². The molecule has 1 heterocycles. The first kappa shape index (κ1) is 21.5. The van der Waals surface area contributed by atoms with Crippen LogP contribution in [0.2, 0.25) is 0 Å². The van der Waals surface area contributed by atoms with Crippen molar-refractivity contribution in [3.8, 4) is 0 Å². The summed E-state index contributed by atoms with van der Waals surface area (Å²) in [6.07, 6.45) is 2.14. The molecule has 2 fully saturated rings. The summed E-state index contributed by atoms with van der Waals surface area (Å²) in [5.74, 6) is 0.0781. The van der Waals surface area contributed by atoms with Crippen molar-refractivity contribution < 1.29 is 18.0 Å². The summed E-state index contributed by atoms with van der Waals surface area (Å²) in [6, 6.07) is 16.0. The molecule has 31 heavy (non-hydrogen) atoms. The second-order valence-corrected chi connectivity index (χ2v) is 10.1. The van der Waals surface area contributed by atoms with Gasteiger partial charge in [0.2, 0.25) is 15.9 Å². The topological polar surface area (TPSA) is 86.8 Å². The molecule has 2 amide bonds. The molecule has 7 nitrogen and oxygen atoms in total. The molecule has 1 saturated carbocycles. The van der Waals surface area contributed by atoms with Crippen molar-refractivity contribution in [1.82, 2.24) is 14.5 Å². The quantitative estimate of drug-likeness (QED) is 0.746. The maximum Gasteiger partial charge on any atom is 0.251 e. The van der Waals surface area contributed by atoms with Crippen molar-refractivity contribution in [3.63, 3.8) is 0 Å². The Balaban J connectivity index is 1.50. The number of nitrogens with zero attached hydrogens (tertiary/aromatic N) is 2. The van der Waals surface area contributed by atoms with Gasteiger partial charge in [-0.15, -0.1) is 0 Å². The summed E-state index contributed by atoms with van der Waals surface area (Å²) in [6.45, 7) is 2.71. The van der Waals surface area contributed by atoms with Crippen LogP contribution >= 0.6 is 0 Å². The molecule has 0 aromatic heterocycles. The molecule has 164 valence electrons. The number of benzene rings is 2. The van der Waals surface area contributed by atoms with Gasteiger partial charge in [0.1, 0.15) is 0 Å². The lowest BCUT2D eigenvalue weighted by Gasteiger charge is -2.33. The maximum absolute atomic E-state index is 13.1. The van der Waals surface area contributed by atoms with Gasteiger partial charge in [0.25, 0.3) is 5.91 Å². The number of carbonyl (C=O) groups excluding carboxylic acids is 2. The van der Waals surface area contributed by atoms with E-state index in [0.29, 0.717) is 24.6 Å². The summed E-state index contributed by atoms with van der Waals surface area (Å²) >= 11 is 0. The highest BCUT2D eigenvalue weighted by Gasteiger charge is 2.34. The van der Waals surface area contributed by atoms with E-state index < -0.39 is 10.0 Å². The van der Waals surface area contributed by atoms with Crippen LogP contribution in [0.15, 0.2) is 59.5 Å². The minimum absolute atomic E-state index is 0.0562. The van der Waals surface area contributed by atoms with Crippen molar-refractivity contribution in [2.75, 3.05) is 26.2 Å². The van der Waals surface area contributed by atoms with Crippen LogP contribution in [0, 0.1) is 5.92 Å². The fraction of sp³-hybridized carbons (Fsp3) is 0.391. The van der Waals surface area contributed by atoms with Gasteiger partial charge in [-0.1, -0.05) is 36.4 Å². The first-order valence-corrected chi connectivity index (χ1v) is 12.0. The van der Waals surface area contributed by atoms with E-state index in [9.17, 15) is 18.0 Å². The Kier molecular flexibility index (Phi) is 6.11. The molecule has 8 heteroatoms. The van der Waals surface area contributed by atoms with Crippen LogP contribution in [0.4, 0.5) is 0 Å². The highest BCUT2D eigenvalue weighted by Crippen LogP contribution is 2.41. The fourth-order valence-corrected chi connectivity index (χ4v) is 5.45. The molecule has 1 aliphatic carbocycles. The Hall–Kier alpha value is -2.71. The maximum atomic E-state index is 13.1. The van der Waals surface area contributed by atoms with Crippen LogP contribution < -0.4 is 5.32 Å². The van der Waals surface area contributed by atoms with Crippen LogP contribution in [0.5, 0.6) is 0 Å². The number of amides is 2. The molecule has 4 rings (SSSR count). The van der Waals surface area contributed by atoms with E-state index in [1.54, 1.807) is 17.0 Å². The van der Waals surface area contributed by atoms with Gasteiger partial charge < -0.3 is 10.2 Å². The number of hydrogen-bond donors (Lipinski definition) is 1. The third kappa shape index (κ3) is 4.80. The van der Waals surface area contributed by atoms with E-state index in [4.69, 9.17) is 0 Å². The highest BCUT2D eigenvalue weighted by atomic mass is 32.2. The van der Waals surface area contributed by atoms with E-state index in [1.165, 1.54) is 23.4 Å². The van der Waals surface area contributed by atoms with Crippen molar-refractivity contribution >= 4 is 21.8 Å². The standard InChI is InChI=1S/C23H27N3O4S/c1-17(27)25-12-14-26(15-13-25)31(29,30)21-9-5-8-20(16-21)23(28)24-22(19-10-11-19)18-6-3-2-4-7-18/h2-9,16,19,22H,10-15H2,1H3,(H,24,28). The number of piperazine rings is 1. The molecule has 1 N–H and O–H groups in total. The third-order valence-electron chi connectivity index (χ3n) is 5.96. The number of nitrogens with one attached hydrogen (secondary N) is 1. The highest BCUT2D eigenvalue weighted by molar-refractivity contribution is 7.89. The monoisotopic (exact) mass is 441 g/mol. The molecule has 1 unspecified atom stereocenters. The van der Waals surface area contributed by atoms with Gasteiger partial charge in [0, 0.05) is 38.7 Å². The Morgan fingerprint density at radius 2 is 1.65 bits per heavy atom. The normalized spacial score (nSPS) is 18.4. The van der Waals surface area contributed by atoms with Crippen molar-refractivity contribution in [1.29, 1.82) is 0 Å². The molecule has 0 radical (unpaired) electrons. The number of hydrogen-bond acceptors (Lipinski definition) is 4. The van der Waals surface area contributed by atoms with Crippen molar-refractivity contribution in [3.05, 3.63) is 65.7 Å². The van der Waals surface area contributed by atoms with Crippen LogP contribution in [-0.4, -0.2) is 55.6 Å². The first-order chi connectivity index (χ1) is 14.9. The zero-order valence-electron chi connectivity index (χ0n) is 17.5. The molecular weight excluding hydrogens is 414 g/mol. The van der Waals surface area contributed by atoms with E-state index in [1.807, 2.05) is 30.3 Å². The zero-order valence-corrected chi connectivity index (χ0v) is 18.3. The van der Waals surface area contributed by atoms with Crippen molar-refractivity contribution in [2.24, 2.45) is 5.92 Å². The smallest absolute Gasteiger partial charge is 0.251 e. The van der Waals surface area contributed by atoms with E-state index in [2.05, 4.69) is 5.32 Å². The number of sulfonamides is 1. The minimum atomic E-state index is -3.74. The molecular formula is C23H27N3O4S. The summed E-state index contributed by atoms with van der Waals surface area (Å²) < 4.78 is 27.6. The van der Waals surface area contributed by atoms with Gasteiger partial charge in [-0.3, -0.25) is 9.59 Å². The summed E-state index contributed by atoms with van der Waals surface area (Å²) in [5.41, 5.74) is 1.38. The molecule has 2 aliphatic rings. The molecule has 2 aromatic rings. The average Bonchev–Trinajstić information content (AvgIpc) is 3.63. The SMILES string of the molecule is CC(=O)N1CCN(S(=O)(=O)c2cccc(C(=O)NC(c3ccccc3)C3CC3)c2)CC1. The Morgan fingerprint density at radius 3 is 2.26 bits per heavy atom. The van der Waals surface area contributed by atoms with Gasteiger partial charge in [0.05, 0.1) is 10.9 Å². The largest absolute Gasteiger partial charge is 0.345 e. The lowest BCUT2D eigenvalue weighted by Crippen LogP contribution is -2.49. The summed E-state index contributed by atoms with van der Waals surface area (Å²) in [7, 11) is -3.74. The number of rotatable bonds is 6. The molecule has 1 atom stereocenters. The Labute approximate surface area is 183 Å². The number of carbonyl (C=O) groups is 2. The van der Waals surface area contributed by atoms with Gasteiger partial charge in [-0.2, -0.15) is 4.31 Å². The van der Waals surface area contributed by atoms with E-state index >= 15 is 0 Å². The first-order valence-electron chi connectivity index (χ1n) is 10.6. The lowest BCUT2D eigenvalue weighted by atomic mass is 10.0. The van der Waals surface area contributed by atoms with Gasteiger partial charge in [-0.05, 0) is 42.5 Å². The predicted molar refractivity (Wildman–Crippen MR) is 117 cm³/mol. The Bertz CT molecular complexity index is 1060. The molecule has 2 aromatic carbocycles. The molecule has 1 saturated heterocycles. The zero-order chi connectivity index (χ0) is 22.0. The summed E-state index contributed by atoms with van der Waals surface area (Å²) in [5, 5.41) is 3.10. The van der Waals surface area contributed by atoms with E-state index in [-0.39, 0.29) is 35.8 Å². The van der Waals surface area contributed by atoms with Crippen LogP contribution in [0.1, 0.15) is 41.7 Å². The Morgan fingerprint density at radius 1 is 0.968 bits per heavy atom.